The van der Waals surface area contributed by atoms with Crippen LogP contribution in [0, 0.1) is 0 Å². The van der Waals surface area contributed by atoms with Gasteiger partial charge in [-0.25, -0.2) is 4.79 Å². The van der Waals surface area contributed by atoms with Gasteiger partial charge in [-0.15, -0.1) is 12.4 Å². The third kappa shape index (κ3) is 5.02. The maximum atomic E-state index is 10.8. The summed E-state index contributed by atoms with van der Waals surface area (Å²) in [6, 6.07) is 7.28. The molecule has 116 valence electrons. The number of carbonyl (C=O) groups is 1. The van der Waals surface area contributed by atoms with Crippen LogP contribution in [0.15, 0.2) is 29.4 Å². The number of halogens is 1. The standard InChI is InChI=1S/C15H21N3O2.ClH/c1-18(2)14-9-7-13(8-10-14)17-16-12-5-3-11(4-6-12)15(19)20;/h3-6,14,16H,7-10H2,1-2H3,(H,19,20);1H. The van der Waals surface area contributed by atoms with E-state index in [0.717, 1.165) is 31.4 Å². The lowest BCUT2D eigenvalue weighted by atomic mass is 9.93. The molecule has 0 spiro atoms. The number of hydrogen-bond donors (Lipinski definition) is 2. The van der Waals surface area contributed by atoms with Crippen molar-refractivity contribution < 1.29 is 9.90 Å². The fourth-order valence-corrected chi connectivity index (χ4v) is 2.39. The molecule has 0 amide bonds. The first kappa shape index (κ1) is 17.5. The molecule has 1 saturated carbocycles. The number of carboxylic acid groups (broad SMARTS) is 1. The molecule has 0 atom stereocenters. The van der Waals surface area contributed by atoms with Gasteiger partial charge in [0.15, 0.2) is 0 Å². The van der Waals surface area contributed by atoms with E-state index in [2.05, 4.69) is 29.5 Å². The van der Waals surface area contributed by atoms with E-state index < -0.39 is 5.97 Å². The number of aromatic carboxylic acids is 1. The topological polar surface area (TPSA) is 64.9 Å². The highest BCUT2D eigenvalue weighted by molar-refractivity contribution is 5.88. The Morgan fingerprint density at radius 3 is 2.29 bits per heavy atom. The van der Waals surface area contributed by atoms with Gasteiger partial charge >= 0.3 is 5.97 Å². The number of nitrogens with zero attached hydrogens (tertiary/aromatic N) is 2. The molecule has 0 unspecified atom stereocenters. The number of hydrazone groups is 1. The molecule has 0 heterocycles. The van der Waals surface area contributed by atoms with E-state index >= 15 is 0 Å². The van der Waals surface area contributed by atoms with Crippen molar-refractivity contribution in [2.75, 3.05) is 19.5 Å². The van der Waals surface area contributed by atoms with Crippen molar-refractivity contribution in [3.63, 3.8) is 0 Å². The van der Waals surface area contributed by atoms with Crippen LogP contribution in [0.5, 0.6) is 0 Å². The van der Waals surface area contributed by atoms with Gasteiger partial charge in [0.25, 0.3) is 0 Å². The fraction of sp³-hybridized carbons (Fsp3) is 0.467. The summed E-state index contributed by atoms with van der Waals surface area (Å²) < 4.78 is 0. The maximum absolute atomic E-state index is 10.8. The summed E-state index contributed by atoms with van der Waals surface area (Å²) >= 11 is 0. The second-order valence-corrected chi connectivity index (χ2v) is 5.37. The van der Waals surface area contributed by atoms with Crippen LogP contribution in [0.4, 0.5) is 5.69 Å². The van der Waals surface area contributed by atoms with Crippen LogP contribution in [0.1, 0.15) is 36.0 Å². The fourth-order valence-electron chi connectivity index (χ4n) is 2.39. The van der Waals surface area contributed by atoms with Crippen molar-refractivity contribution in [2.24, 2.45) is 5.10 Å². The molecule has 5 nitrogen and oxygen atoms in total. The quantitative estimate of drug-likeness (QED) is 0.839. The van der Waals surface area contributed by atoms with Gasteiger partial charge in [-0.1, -0.05) is 0 Å². The molecule has 0 bridgehead atoms. The highest BCUT2D eigenvalue weighted by Gasteiger charge is 2.18. The molecular formula is C15H22ClN3O2. The third-order valence-electron chi connectivity index (χ3n) is 3.74. The van der Waals surface area contributed by atoms with E-state index in [1.807, 2.05) is 0 Å². The highest BCUT2D eigenvalue weighted by Crippen LogP contribution is 2.20. The van der Waals surface area contributed by atoms with E-state index in [1.165, 1.54) is 5.71 Å². The summed E-state index contributed by atoms with van der Waals surface area (Å²) in [6.07, 6.45) is 4.32. The minimum atomic E-state index is -0.912. The van der Waals surface area contributed by atoms with E-state index in [4.69, 9.17) is 5.11 Å². The molecule has 2 rings (SSSR count). The second kappa shape index (κ2) is 8.00. The normalized spacial score (nSPS) is 18.0. The van der Waals surface area contributed by atoms with Crippen LogP contribution in [0.3, 0.4) is 0 Å². The Morgan fingerprint density at radius 2 is 1.81 bits per heavy atom. The van der Waals surface area contributed by atoms with Gasteiger partial charge in [0.2, 0.25) is 0 Å². The lowest BCUT2D eigenvalue weighted by molar-refractivity contribution is 0.0697. The predicted octanol–water partition coefficient (Wildman–Crippen LogP) is 3.08. The van der Waals surface area contributed by atoms with Crippen molar-refractivity contribution in [3.05, 3.63) is 29.8 Å². The van der Waals surface area contributed by atoms with E-state index in [9.17, 15) is 4.79 Å². The summed E-state index contributed by atoms with van der Waals surface area (Å²) in [5.74, 6) is -0.912. The number of hydrogen-bond acceptors (Lipinski definition) is 4. The average molecular weight is 312 g/mol. The summed E-state index contributed by atoms with van der Waals surface area (Å²) in [6.45, 7) is 0. The molecule has 0 saturated heterocycles. The molecular weight excluding hydrogens is 290 g/mol. The van der Waals surface area contributed by atoms with Crippen molar-refractivity contribution in [3.8, 4) is 0 Å². The van der Waals surface area contributed by atoms with Crippen LogP contribution in [-0.4, -0.2) is 41.8 Å². The monoisotopic (exact) mass is 311 g/mol. The van der Waals surface area contributed by atoms with Gasteiger partial charge in [0, 0.05) is 11.8 Å². The maximum Gasteiger partial charge on any atom is 0.335 e. The van der Waals surface area contributed by atoms with Gasteiger partial charge in [-0.3, -0.25) is 5.43 Å². The highest BCUT2D eigenvalue weighted by atomic mass is 35.5. The molecule has 1 aromatic carbocycles. The number of carboxylic acids is 1. The molecule has 0 aliphatic heterocycles. The first-order valence-electron chi connectivity index (χ1n) is 6.87. The molecule has 1 fully saturated rings. The summed E-state index contributed by atoms with van der Waals surface area (Å²) in [5.41, 5.74) is 5.30. The van der Waals surface area contributed by atoms with Crippen LogP contribution in [-0.2, 0) is 0 Å². The molecule has 1 aliphatic rings. The van der Waals surface area contributed by atoms with Gasteiger partial charge in [-0.05, 0) is 64.0 Å². The predicted molar refractivity (Wildman–Crippen MR) is 87.7 cm³/mol. The van der Waals surface area contributed by atoms with Crippen LogP contribution in [0.25, 0.3) is 0 Å². The van der Waals surface area contributed by atoms with Crippen LogP contribution in [0.2, 0.25) is 0 Å². The Hall–Kier alpha value is -1.59. The largest absolute Gasteiger partial charge is 0.478 e. The Balaban J connectivity index is 0.00000220. The molecule has 6 heteroatoms. The summed E-state index contributed by atoms with van der Waals surface area (Å²) in [5, 5.41) is 13.2. The number of anilines is 1. The van der Waals surface area contributed by atoms with Crippen molar-refractivity contribution >= 4 is 29.8 Å². The lowest BCUT2D eigenvalue weighted by Crippen LogP contribution is -2.32. The Morgan fingerprint density at radius 1 is 1.24 bits per heavy atom. The molecule has 0 radical (unpaired) electrons. The lowest BCUT2D eigenvalue weighted by Gasteiger charge is -2.28. The zero-order chi connectivity index (χ0) is 14.5. The van der Waals surface area contributed by atoms with E-state index in [-0.39, 0.29) is 18.0 Å². The third-order valence-corrected chi connectivity index (χ3v) is 3.74. The van der Waals surface area contributed by atoms with E-state index in [0.29, 0.717) is 6.04 Å². The van der Waals surface area contributed by atoms with Crippen molar-refractivity contribution in [2.45, 2.75) is 31.7 Å². The molecule has 21 heavy (non-hydrogen) atoms. The minimum Gasteiger partial charge on any atom is -0.478 e. The average Bonchev–Trinajstić information content (AvgIpc) is 2.46. The molecule has 1 aliphatic carbocycles. The summed E-state index contributed by atoms with van der Waals surface area (Å²) in [7, 11) is 4.24. The molecule has 2 N–H and O–H groups in total. The zero-order valence-electron chi connectivity index (χ0n) is 12.4. The smallest absolute Gasteiger partial charge is 0.335 e. The Kier molecular flexibility index (Phi) is 6.65. The van der Waals surface area contributed by atoms with Crippen LogP contribution >= 0.6 is 12.4 Å². The second-order valence-electron chi connectivity index (χ2n) is 5.37. The Bertz CT molecular complexity index is 490. The van der Waals surface area contributed by atoms with Gasteiger partial charge in [0.05, 0.1) is 11.3 Å². The van der Waals surface area contributed by atoms with Gasteiger partial charge in [-0.2, -0.15) is 5.10 Å². The van der Waals surface area contributed by atoms with Gasteiger partial charge < -0.3 is 10.0 Å². The number of nitrogens with one attached hydrogen (secondary N) is 1. The Labute approximate surface area is 131 Å². The van der Waals surface area contributed by atoms with Crippen molar-refractivity contribution in [1.82, 2.24) is 4.90 Å². The zero-order valence-corrected chi connectivity index (χ0v) is 13.2. The molecule has 1 aromatic rings. The summed E-state index contributed by atoms with van der Waals surface area (Å²) in [4.78, 5) is 13.0. The van der Waals surface area contributed by atoms with Crippen molar-refractivity contribution in [1.29, 1.82) is 0 Å². The minimum absolute atomic E-state index is 0. The van der Waals surface area contributed by atoms with E-state index in [1.54, 1.807) is 24.3 Å². The SMILES string of the molecule is CN(C)C1CCC(=NNc2ccc(C(=O)O)cc2)CC1.Cl. The van der Waals surface area contributed by atoms with Crippen LogP contribution < -0.4 is 5.43 Å². The number of benzene rings is 1. The first-order valence-corrected chi connectivity index (χ1v) is 6.87. The first-order chi connectivity index (χ1) is 9.56. The molecule has 0 aromatic heterocycles. The number of rotatable bonds is 4. The van der Waals surface area contributed by atoms with Gasteiger partial charge in [0.1, 0.15) is 0 Å².